The Balaban J connectivity index is 1.31. The van der Waals surface area contributed by atoms with Gasteiger partial charge in [0, 0.05) is 18.0 Å². The molecule has 5 rings (SSSR count). The van der Waals surface area contributed by atoms with Crippen LogP contribution in [0.2, 0.25) is 0 Å². The first kappa shape index (κ1) is 28.4. The molecule has 0 spiro atoms. The molecule has 2 saturated carbocycles. The Morgan fingerprint density at radius 1 is 1.12 bits per heavy atom. The zero-order chi connectivity index (χ0) is 28.5. The summed E-state index contributed by atoms with van der Waals surface area (Å²) in [6.45, 7) is 4.86. The van der Waals surface area contributed by atoms with Gasteiger partial charge in [0.2, 0.25) is 5.91 Å². The van der Waals surface area contributed by atoms with Gasteiger partial charge in [-0.15, -0.1) is 0 Å². The van der Waals surface area contributed by atoms with Crippen molar-refractivity contribution in [2.45, 2.75) is 102 Å². The van der Waals surface area contributed by atoms with Crippen LogP contribution in [0, 0.1) is 28.1 Å². The number of aldehydes is 1. The van der Waals surface area contributed by atoms with Gasteiger partial charge in [0.15, 0.2) is 0 Å². The molecule has 4 aliphatic rings. The molecule has 9 heteroatoms. The van der Waals surface area contributed by atoms with Crippen LogP contribution in [0.25, 0.3) is 0 Å². The summed E-state index contributed by atoms with van der Waals surface area (Å²) >= 11 is 0. The number of hydrogen-bond donors (Lipinski definition) is 2. The van der Waals surface area contributed by atoms with E-state index in [0.29, 0.717) is 25.1 Å². The lowest BCUT2D eigenvalue weighted by Gasteiger charge is -2.39. The number of nitriles is 1. The number of methoxy groups -OCH3 is 1. The second kappa shape index (κ2) is 11.4. The fraction of sp³-hybridized carbons (Fsp3) is 0.677. The minimum Gasteiger partial charge on any atom is -0.496 e. The Morgan fingerprint density at radius 3 is 2.45 bits per heavy atom. The Morgan fingerprint density at radius 2 is 1.85 bits per heavy atom. The highest BCUT2D eigenvalue weighted by molar-refractivity contribution is 5.98. The molecule has 1 aromatic carbocycles. The molecule has 216 valence electrons. The topological polar surface area (TPSA) is 127 Å². The molecule has 0 aromatic heterocycles. The lowest BCUT2D eigenvalue weighted by Crippen LogP contribution is -2.53. The largest absolute Gasteiger partial charge is 0.496 e. The van der Waals surface area contributed by atoms with Gasteiger partial charge in [-0.2, -0.15) is 5.26 Å². The summed E-state index contributed by atoms with van der Waals surface area (Å²) < 4.78 is 17.8. The van der Waals surface area contributed by atoms with E-state index < -0.39 is 17.9 Å². The molecular weight excluding hydrogens is 510 g/mol. The monoisotopic (exact) mass is 551 g/mol. The minimum absolute atomic E-state index is 0.0720. The van der Waals surface area contributed by atoms with Crippen molar-refractivity contribution >= 4 is 18.1 Å². The second-order valence-electron chi connectivity index (χ2n) is 12.5. The van der Waals surface area contributed by atoms with Gasteiger partial charge >= 0.3 is 0 Å². The Hall–Kier alpha value is -3.12. The van der Waals surface area contributed by atoms with Crippen LogP contribution in [0.5, 0.6) is 11.5 Å². The lowest BCUT2D eigenvalue weighted by atomic mass is 9.70. The van der Waals surface area contributed by atoms with E-state index in [2.05, 4.69) is 23.6 Å². The number of hydrogen-bond acceptors (Lipinski definition) is 7. The SMILES string of the molecule is CC[C@]1(C=O)CC[C@@H](Oc2cc(C(=O)N[C@@H]3[C@H](C(=O)NCC4(C)CCC4)[C@@H]4CC[C@H]3O4)c(OC)cc2C#N)CC1. The molecule has 2 amide bonds. The zero-order valence-electron chi connectivity index (χ0n) is 23.8. The standard InChI is InChI=1S/C31H41N3O6/c1-4-31(18-35)12-8-20(9-13-31)39-24-15-21(25(38-3)14-19(24)16-32)28(36)34-27-23-7-6-22(40-23)26(27)29(37)33-17-30(2)10-5-11-30/h14-15,18,20,22-23,26-27H,4-13,17H2,1-3H3,(H,33,37)(H,34,36)/t20-,22-,23+,26+,27-,31+/m0/s1. The Labute approximate surface area is 236 Å². The lowest BCUT2D eigenvalue weighted by molar-refractivity contribution is -0.127. The van der Waals surface area contributed by atoms with E-state index in [1.54, 1.807) is 6.07 Å². The van der Waals surface area contributed by atoms with Crippen LogP contribution in [0.4, 0.5) is 0 Å². The van der Waals surface area contributed by atoms with Crippen LogP contribution < -0.4 is 20.1 Å². The molecule has 2 aliphatic carbocycles. The van der Waals surface area contributed by atoms with E-state index in [4.69, 9.17) is 14.2 Å². The quantitative estimate of drug-likeness (QED) is 0.420. The van der Waals surface area contributed by atoms with Crippen LogP contribution in [-0.2, 0) is 14.3 Å². The fourth-order valence-corrected chi connectivity index (χ4v) is 6.91. The number of amides is 2. The molecule has 40 heavy (non-hydrogen) atoms. The van der Waals surface area contributed by atoms with Gasteiger partial charge in [-0.1, -0.05) is 20.3 Å². The van der Waals surface area contributed by atoms with Gasteiger partial charge < -0.3 is 29.6 Å². The first-order chi connectivity index (χ1) is 19.2. The molecule has 2 aliphatic heterocycles. The summed E-state index contributed by atoms with van der Waals surface area (Å²) in [6, 6.07) is 4.79. The molecule has 9 nitrogen and oxygen atoms in total. The van der Waals surface area contributed by atoms with Crippen molar-refractivity contribution in [3.63, 3.8) is 0 Å². The summed E-state index contributed by atoms with van der Waals surface area (Å²) in [5, 5.41) is 16.0. The summed E-state index contributed by atoms with van der Waals surface area (Å²) in [6.07, 6.45) is 9.15. The number of rotatable bonds is 10. The highest BCUT2D eigenvalue weighted by Crippen LogP contribution is 2.42. The number of nitrogens with one attached hydrogen (secondary N) is 2. The van der Waals surface area contributed by atoms with Gasteiger partial charge in [0.25, 0.3) is 5.91 Å². The Bertz CT molecular complexity index is 1180. The van der Waals surface area contributed by atoms with Crippen LogP contribution in [0.15, 0.2) is 12.1 Å². The van der Waals surface area contributed by atoms with Crippen molar-refractivity contribution in [3.8, 4) is 17.6 Å². The maximum absolute atomic E-state index is 13.6. The van der Waals surface area contributed by atoms with E-state index >= 15 is 0 Å². The molecule has 0 radical (unpaired) electrons. The predicted octanol–water partition coefficient (Wildman–Crippen LogP) is 4.07. The van der Waals surface area contributed by atoms with Gasteiger partial charge in [-0.05, 0) is 69.3 Å². The molecule has 4 fully saturated rings. The number of carbonyl (C=O) groups is 3. The Kier molecular flexibility index (Phi) is 8.10. The number of ether oxygens (including phenoxy) is 3. The highest BCUT2D eigenvalue weighted by Gasteiger charge is 2.53. The fourth-order valence-electron chi connectivity index (χ4n) is 6.91. The van der Waals surface area contributed by atoms with Crippen LogP contribution in [0.1, 0.15) is 94.0 Å². The summed E-state index contributed by atoms with van der Waals surface area (Å²) in [5.74, 6) is -0.340. The van der Waals surface area contributed by atoms with Crippen LogP contribution in [0.3, 0.4) is 0 Å². The number of nitrogens with zero attached hydrogens (tertiary/aromatic N) is 1. The average Bonchev–Trinajstić information content (AvgIpc) is 3.57. The predicted molar refractivity (Wildman–Crippen MR) is 147 cm³/mol. The van der Waals surface area contributed by atoms with Crippen molar-refractivity contribution < 1.29 is 28.6 Å². The van der Waals surface area contributed by atoms with Crippen molar-refractivity contribution in [1.29, 1.82) is 5.26 Å². The van der Waals surface area contributed by atoms with E-state index in [0.717, 1.165) is 51.2 Å². The number of benzene rings is 1. The normalized spacial score (nSPS) is 31.9. The molecule has 2 saturated heterocycles. The molecule has 4 atom stereocenters. The smallest absolute Gasteiger partial charge is 0.255 e. The molecule has 2 bridgehead atoms. The van der Waals surface area contributed by atoms with Crippen LogP contribution in [-0.4, -0.2) is 56.1 Å². The van der Waals surface area contributed by atoms with Crippen molar-refractivity contribution in [1.82, 2.24) is 10.6 Å². The van der Waals surface area contributed by atoms with Gasteiger partial charge in [-0.25, -0.2) is 0 Å². The highest BCUT2D eigenvalue weighted by atomic mass is 16.5. The molecule has 2 N–H and O–H groups in total. The van der Waals surface area contributed by atoms with Gasteiger partial charge in [0.05, 0.1) is 48.5 Å². The summed E-state index contributed by atoms with van der Waals surface area (Å²) in [7, 11) is 1.45. The van der Waals surface area contributed by atoms with Crippen molar-refractivity contribution in [3.05, 3.63) is 23.3 Å². The first-order valence-corrected chi connectivity index (χ1v) is 14.7. The third kappa shape index (κ3) is 5.43. The van der Waals surface area contributed by atoms with Crippen molar-refractivity contribution in [2.75, 3.05) is 13.7 Å². The molecule has 2 heterocycles. The summed E-state index contributed by atoms with van der Waals surface area (Å²) in [4.78, 5) is 38.6. The third-order valence-electron chi connectivity index (χ3n) is 9.97. The zero-order valence-corrected chi connectivity index (χ0v) is 23.8. The van der Waals surface area contributed by atoms with Crippen LogP contribution >= 0.6 is 0 Å². The van der Waals surface area contributed by atoms with Gasteiger partial charge in [0.1, 0.15) is 23.9 Å². The minimum atomic E-state index is -0.453. The second-order valence-corrected chi connectivity index (χ2v) is 12.5. The van der Waals surface area contributed by atoms with E-state index in [1.807, 2.05) is 6.92 Å². The van der Waals surface area contributed by atoms with Crippen molar-refractivity contribution in [2.24, 2.45) is 16.7 Å². The number of fused-ring (bicyclic) bond motifs is 2. The molecule has 0 unspecified atom stereocenters. The molecule has 1 aromatic rings. The van der Waals surface area contributed by atoms with E-state index in [1.165, 1.54) is 19.6 Å². The third-order valence-corrected chi connectivity index (χ3v) is 9.97. The van der Waals surface area contributed by atoms with E-state index in [9.17, 15) is 19.6 Å². The maximum Gasteiger partial charge on any atom is 0.255 e. The summed E-state index contributed by atoms with van der Waals surface area (Å²) in [5.41, 5.74) is 0.375. The first-order valence-electron chi connectivity index (χ1n) is 14.7. The maximum atomic E-state index is 13.6. The number of carbonyl (C=O) groups excluding carboxylic acids is 3. The molecular formula is C31H41N3O6. The van der Waals surface area contributed by atoms with E-state index in [-0.39, 0.29) is 51.9 Å². The van der Waals surface area contributed by atoms with Gasteiger partial charge in [-0.3, -0.25) is 9.59 Å². The average molecular weight is 552 g/mol.